The predicted molar refractivity (Wildman–Crippen MR) is 82.8 cm³/mol. The minimum absolute atomic E-state index is 0. The van der Waals surface area contributed by atoms with Crippen molar-refractivity contribution in [1.29, 1.82) is 0 Å². The molecule has 1 saturated carbocycles. The highest BCUT2D eigenvalue weighted by atomic mass is 35.5. The maximum Gasteiger partial charge on any atom is 0.241 e. The van der Waals surface area contributed by atoms with Crippen LogP contribution in [0.2, 0.25) is 0 Å². The van der Waals surface area contributed by atoms with E-state index in [0.29, 0.717) is 19.5 Å². The second-order valence-corrected chi connectivity index (χ2v) is 5.63. The number of hydrogen-bond acceptors (Lipinski definition) is 3. The summed E-state index contributed by atoms with van der Waals surface area (Å²) >= 11 is 0. The average Bonchev–Trinajstić information content (AvgIpc) is 2.44. The van der Waals surface area contributed by atoms with Crippen LogP contribution in [0.1, 0.15) is 45.4 Å². The molecule has 1 rings (SSSR count). The van der Waals surface area contributed by atoms with Gasteiger partial charge < -0.3 is 16.0 Å². The van der Waals surface area contributed by atoms with Crippen molar-refractivity contribution in [2.24, 2.45) is 11.1 Å². The van der Waals surface area contributed by atoms with Crippen molar-refractivity contribution in [2.75, 3.05) is 26.7 Å². The van der Waals surface area contributed by atoms with Crippen molar-refractivity contribution in [3.63, 3.8) is 0 Å². The molecule has 2 amide bonds. The molecule has 1 aliphatic rings. The largest absolute Gasteiger partial charge is 0.347 e. The van der Waals surface area contributed by atoms with Gasteiger partial charge >= 0.3 is 0 Å². The summed E-state index contributed by atoms with van der Waals surface area (Å²) in [4.78, 5) is 25.2. The minimum atomic E-state index is -0.0544. The summed E-state index contributed by atoms with van der Waals surface area (Å²) in [5.74, 6) is -0.105. The van der Waals surface area contributed by atoms with Gasteiger partial charge in [-0.15, -0.1) is 12.4 Å². The SMILES string of the molecule is CCN(C)C(=O)CNC(=O)CC1(CN)CCCCC1.Cl. The maximum absolute atomic E-state index is 12.0. The van der Waals surface area contributed by atoms with Crippen LogP contribution >= 0.6 is 12.4 Å². The van der Waals surface area contributed by atoms with E-state index in [1.165, 1.54) is 6.42 Å². The molecule has 0 aromatic rings. The number of nitrogens with one attached hydrogen (secondary N) is 1. The summed E-state index contributed by atoms with van der Waals surface area (Å²) < 4.78 is 0. The molecule has 0 unspecified atom stereocenters. The number of hydrogen-bond donors (Lipinski definition) is 2. The number of halogens is 1. The minimum Gasteiger partial charge on any atom is -0.347 e. The lowest BCUT2D eigenvalue weighted by molar-refractivity contribution is -0.132. The number of rotatable bonds is 6. The highest BCUT2D eigenvalue weighted by Crippen LogP contribution is 2.38. The van der Waals surface area contributed by atoms with Gasteiger partial charge in [-0.05, 0) is 31.7 Å². The van der Waals surface area contributed by atoms with Crippen LogP contribution in [-0.4, -0.2) is 43.4 Å². The van der Waals surface area contributed by atoms with Gasteiger partial charge in [0.2, 0.25) is 11.8 Å². The average molecular weight is 306 g/mol. The van der Waals surface area contributed by atoms with E-state index in [-0.39, 0.29) is 36.2 Å². The molecule has 0 aromatic carbocycles. The smallest absolute Gasteiger partial charge is 0.241 e. The zero-order valence-corrected chi connectivity index (χ0v) is 13.4. The first-order valence-corrected chi connectivity index (χ1v) is 7.24. The van der Waals surface area contributed by atoms with Gasteiger partial charge in [0.25, 0.3) is 0 Å². The maximum atomic E-state index is 12.0. The zero-order valence-electron chi connectivity index (χ0n) is 12.6. The molecule has 0 heterocycles. The Kier molecular flexibility index (Phi) is 8.81. The normalized spacial score (nSPS) is 16.9. The fraction of sp³-hybridized carbons (Fsp3) is 0.857. The topological polar surface area (TPSA) is 75.4 Å². The van der Waals surface area contributed by atoms with E-state index >= 15 is 0 Å². The van der Waals surface area contributed by atoms with E-state index in [4.69, 9.17) is 5.73 Å². The summed E-state index contributed by atoms with van der Waals surface area (Å²) in [6, 6.07) is 0. The molecule has 1 fully saturated rings. The lowest BCUT2D eigenvalue weighted by atomic mass is 9.71. The first kappa shape index (κ1) is 19.2. The Balaban J connectivity index is 0.00000361. The van der Waals surface area contributed by atoms with Gasteiger partial charge in [-0.1, -0.05) is 19.3 Å². The van der Waals surface area contributed by atoms with E-state index < -0.39 is 0 Å². The van der Waals surface area contributed by atoms with Crippen molar-refractivity contribution in [3.05, 3.63) is 0 Å². The molecule has 0 aliphatic heterocycles. The first-order chi connectivity index (χ1) is 9.03. The summed E-state index contributed by atoms with van der Waals surface area (Å²) in [6.07, 6.45) is 6.05. The molecule has 0 spiro atoms. The Hall–Kier alpha value is -0.810. The fourth-order valence-electron chi connectivity index (χ4n) is 2.64. The van der Waals surface area contributed by atoms with Gasteiger partial charge in [-0.25, -0.2) is 0 Å². The molecule has 0 bridgehead atoms. The van der Waals surface area contributed by atoms with Crippen LogP contribution < -0.4 is 11.1 Å². The number of amides is 2. The van der Waals surface area contributed by atoms with E-state index in [9.17, 15) is 9.59 Å². The summed E-state index contributed by atoms with van der Waals surface area (Å²) in [6.45, 7) is 3.21. The molecule has 0 aromatic heterocycles. The molecule has 0 atom stereocenters. The van der Waals surface area contributed by atoms with E-state index in [0.717, 1.165) is 25.7 Å². The Labute approximate surface area is 128 Å². The predicted octanol–water partition coefficient (Wildman–Crippen LogP) is 1.30. The van der Waals surface area contributed by atoms with E-state index in [1.54, 1.807) is 11.9 Å². The van der Waals surface area contributed by atoms with Crippen molar-refractivity contribution in [2.45, 2.75) is 45.4 Å². The molecule has 3 N–H and O–H groups in total. The van der Waals surface area contributed by atoms with Crippen LogP contribution in [0.5, 0.6) is 0 Å². The van der Waals surface area contributed by atoms with Gasteiger partial charge in [0.05, 0.1) is 6.54 Å². The highest BCUT2D eigenvalue weighted by Gasteiger charge is 2.32. The molecular weight excluding hydrogens is 278 g/mol. The fourth-order valence-corrected chi connectivity index (χ4v) is 2.64. The summed E-state index contributed by atoms with van der Waals surface area (Å²) in [5, 5.41) is 2.72. The number of carbonyl (C=O) groups is 2. The molecule has 20 heavy (non-hydrogen) atoms. The Morgan fingerprint density at radius 1 is 1.25 bits per heavy atom. The van der Waals surface area contributed by atoms with Crippen LogP contribution in [0.3, 0.4) is 0 Å². The van der Waals surface area contributed by atoms with Crippen LogP contribution in [0, 0.1) is 5.41 Å². The molecule has 1 aliphatic carbocycles. The van der Waals surface area contributed by atoms with Gasteiger partial charge in [0.1, 0.15) is 0 Å². The molecule has 0 saturated heterocycles. The van der Waals surface area contributed by atoms with Gasteiger partial charge in [-0.2, -0.15) is 0 Å². The van der Waals surface area contributed by atoms with Crippen molar-refractivity contribution < 1.29 is 9.59 Å². The standard InChI is InChI=1S/C14H27N3O2.ClH/c1-3-17(2)13(19)10-16-12(18)9-14(11-15)7-5-4-6-8-14;/h3-11,15H2,1-2H3,(H,16,18);1H. The zero-order chi connectivity index (χ0) is 14.3. The monoisotopic (exact) mass is 305 g/mol. The third kappa shape index (κ3) is 5.67. The van der Waals surface area contributed by atoms with E-state index in [1.807, 2.05) is 6.92 Å². The lowest BCUT2D eigenvalue weighted by Gasteiger charge is -2.35. The van der Waals surface area contributed by atoms with Crippen LogP contribution in [0.4, 0.5) is 0 Å². The summed E-state index contributed by atoms with van der Waals surface area (Å²) in [5.41, 5.74) is 5.82. The summed E-state index contributed by atoms with van der Waals surface area (Å²) in [7, 11) is 1.73. The third-order valence-electron chi connectivity index (χ3n) is 4.22. The Morgan fingerprint density at radius 2 is 1.85 bits per heavy atom. The first-order valence-electron chi connectivity index (χ1n) is 7.24. The number of nitrogens with zero attached hydrogens (tertiary/aromatic N) is 1. The van der Waals surface area contributed by atoms with Crippen LogP contribution in [0.15, 0.2) is 0 Å². The Morgan fingerprint density at radius 3 is 2.35 bits per heavy atom. The molecule has 118 valence electrons. The van der Waals surface area contributed by atoms with Crippen molar-refractivity contribution >= 4 is 24.2 Å². The number of carbonyl (C=O) groups excluding carboxylic acids is 2. The number of nitrogens with two attached hydrogens (primary N) is 1. The van der Waals surface area contributed by atoms with E-state index in [2.05, 4.69) is 5.32 Å². The molecule has 6 heteroatoms. The van der Waals surface area contributed by atoms with Gasteiger partial charge in [-0.3, -0.25) is 9.59 Å². The second kappa shape index (κ2) is 9.19. The third-order valence-corrected chi connectivity index (χ3v) is 4.22. The van der Waals surface area contributed by atoms with Crippen molar-refractivity contribution in [3.8, 4) is 0 Å². The van der Waals surface area contributed by atoms with Crippen LogP contribution in [-0.2, 0) is 9.59 Å². The van der Waals surface area contributed by atoms with Crippen LogP contribution in [0.25, 0.3) is 0 Å². The molecule has 0 radical (unpaired) electrons. The quantitative estimate of drug-likeness (QED) is 0.777. The van der Waals surface area contributed by atoms with Gasteiger partial charge in [0.15, 0.2) is 0 Å². The highest BCUT2D eigenvalue weighted by molar-refractivity contribution is 5.85. The number of likely N-dealkylation sites (N-methyl/N-ethyl adjacent to an activating group) is 1. The lowest BCUT2D eigenvalue weighted by Crippen LogP contribution is -2.42. The van der Waals surface area contributed by atoms with Gasteiger partial charge in [0, 0.05) is 20.0 Å². The Bertz CT molecular complexity index is 318. The second-order valence-electron chi connectivity index (χ2n) is 5.63. The molecular formula is C14H28ClN3O2. The molecule has 5 nitrogen and oxygen atoms in total. The van der Waals surface area contributed by atoms with Crippen molar-refractivity contribution in [1.82, 2.24) is 10.2 Å².